The zero-order valence-corrected chi connectivity index (χ0v) is 11.6. The van der Waals surface area contributed by atoms with Crippen LogP contribution in [0.3, 0.4) is 0 Å². The van der Waals surface area contributed by atoms with Crippen molar-refractivity contribution in [2.75, 3.05) is 6.54 Å². The summed E-state index contributed by atoms with van der Waals surface area (Å²) in [7, 11) is 0. The minimum Gasteiger partial charge on any atom is -0.352 e. The molecule has 1 aromatic carbocycles. The highest BCUT2D eigenvalue weighted by Gasteiger charge is 2.16. The van der Waals surface area contributed by atoms with Crippen molar-refractivity contribution in [3.8, 4) is 0 Å². The Labute approximate surface area is 118 Å². The molecule has 0 aliphatic heterocycles. The number of fused-ring (bicyclic) bond motifs is 1. The summed E-state index contributed by atoms with van der Waals surface area (Å²) in [5.74, 6) is -2.04. The number of benzene rings is 1. The van der Waals surface area contributed by atoms with Crippen LogP contribution < -0.4 is 5.32 Å². The topological polar surface area (TPSA) is 57.8 Å². The van der Waals surface area contributed by atoms with E-state index in [0.717, 1.165) is 12.1 Å². The van der Waals surface area contributed by atoms with Gasteiger partial charge in [-0.05, 0) is 6.92 Å². The molecule has 2 aromatic rings. The highest BCUT2D eigenvalue weighted by molar-refractivity contribution is 8.00. The Morgan fingerprint density at radius 2 is 2.25 bits per heavy atom. The van der Waals surface area contributed by atoms with Crippen molar-refractivity contribution in [1.82, 2.24) is 15.3 Å². The van der Waals surface area contributed by atoms with Crippen LogP contribution in [-0.2, 0) is 4.79 Å². The van der Waals surface area contributed by atoms with Gasteiger partial charge in [0.15, 0.2) is 16.8 Å². The largest absolute Gasteiger partial charge is 0.352 e. The maximum absolute atomic E-state index is 13.1. The first-order chi connectivity index (χ1) is 9.51. The number of carbonyl (C=O) groups excluding carboxylic acids is 1. The number of nitrogens with one attached hydrogen (secondary N) is 2. The summed E-state index contributed by atoms with van der Waals surface area (Å²) in [5.41, 5.74) is 0.718. The van der Waals surface area contributed by atoms with Crippen LogP contribution in [0.4, 0.5) is 8.78 Å². The van der Waals surface area contributed by atoms with E-state index in [0.29, 0.717) is 22.7 Å². The van der Waals surface area contributed by atoms with Gasteiger partial charge in [-0.2, -0.15) is 0 Å². The first-order valence-electron chi connectivity index (χ1n) is 5.91. The van der Waals surface area contributed by atoms with Crippen LogP contribution in [0.1, 0.15) is 6.92 Å². The molecule has 0 saturated carbocycles. The summed E-state index contributed by atoms with van der Waals surface area (Å²) in [4.78, 5) is 18.7. The molecular formula is C13H13F2N3OS. The summed E-state index contributed by atoms with van der Waals surface area (Å²) < 4.78 is 26.2. The molecule has 0 aliphatic rings. The Bertz CT molecular complexity index is 617. The van der Waals surface area contributed by atoms with Gasteiger partial charge in [-0.25, -0.2) is 13.8 Å². The molecule has 20 heavy (non-hydrogen) atoms. The SMILES string of the molecule is C=CCNC(=O)[C@@H](C)Sc1nc2cc(F)c(F)cc2[nH]1. The van der Waals surface area contributed by atoms with Crippen LogP contribution in [0.5, 0.6) is 0 Å². The molecule has 4 nitrogen and oxygen atoms in total. The van der Waals surface area contributed by atoms with E-state index in [1.54, 1.807) is 13.0 Å². The number of H-pyrrole nitrogens is 1. The van der Waals surface area contributed by atoms with E-state index in [4.69, 9.17) is 0 Å². The summed E-state index contributed by atoms with van der Waals surface area (Å²) in [6, 6.07) is 2.07. The van der Waals surface area contributed by atoms with Crippen molar-refractivity contribution in [2.45, 2.75) is 17.3 Å². The van der Waals surface area contributed by atoms with E-state index < -0.39 is 11.6 Å². The minimum absolute atomic E-state index is 0.160. The monoisotopic (exact) mass is 297 g/mol. The first kappa shape index (κ1) is 14.5. The molecule has 1 aromatic heterocycles. The highest BCUT2D eigenvalue weighted by atomic mass is 32.2. The van der Waals surface area contributed by atoms with Crippen molar-refractivity contribution in [3.05, 3.63) is 36.4 Å². The van der Waals surface area contributed by atoms with Crippen molar-refractivity contribution < 1.29 is 13.6 Å². The Kier molecular flexibility index (Phi) is 4.39. The maximum Gasteiger partial charge on any atom is 0.233 e. The lowest BCUT2D eigenvalue weighted by atomic mass is 10.3. The average molecular weight is 297 g/mol. The Hall–Kier alpha value is -1.89. The number of imidazole rings is 1. The van der Waals surface area contributed by atoms with Gasteiger partial charge in [0.05, 0.1) is 16.3 Å². The van der Waals surface area contributed by atoms with Crippen LogP contribution in [0.15, 0.2) is 29.9 Å². The molecule has 106 valence electrons. The van der Waals surface area contributed by atoms with Gasteiger partial charge < -0.3 is 10.3 Å². The second-order valence-corrected chi connectivity index (χ2v) is 5.45. The van der Waals surface area contributed by atoms with E-state index in [1.807, 2.05) is 0 Å². The quantitative estimate of drug-likeness (QED) is 0.659. The Morgan fingerprint density at radius 3 is 2.95 bits per heavy atom. The van der Waals surface area contributed by atoms with Crippen molar-refractivity contribution in [1.29, 1.82) is 0 Å². The van der Waals surface area contributed by atoms with E-state index >= 15 is 0 Å². The van der Waals surface area contributed by atoms with Gasteiger partial charge in [0, 0.05) is 18.7 Å². The summed E-state index contributed by atoms with van der Waals surface area (Å²) in [5, 5.41) is 2.72. The Balaban J connectivity index is 2.13. The fourth-order valence-electron chi connectivity index (χ4n) is 1.57. The molecule has 0 saturated heterocycles. The third-order valence-corrected chi connectivity index (χ3v) is 3.56. The number of amides is 1. The second kappa shape index (κ2) is 6.04. The van der Waals surface area contributed by atoms with Gasteiger partial charge in [0.25, 0.3) is 0 Å². The standard InChI is InChI=1S/C13H13F2N3OS/c1-3-4-16-12(19)7(2)20-13-17-10-5-8(14)9(15)6-11(10)18-13/h3,5-7H,1,4H2,2H3,(H,16,19)(H,17,18)/t7-/m1/s1. The van der Waals surface area contributed by atoms with Gasteiger partial charge in [-0.1, -0.05) is 17.8 Å². The van der Waals surface area contributed by atoms with Crippen LogP contribution >= 0.6 is 11.8 Å². The van der Waals surface area contributed by atoms with Crippen LogP contribution in [-0.4, -0.2) is 27.7 Å². The summed E-state index contributed by atoms with van der Waals surface area (Å²) in [6.07, 6.45) is 1.59. The number of thioether (sulfide) groups is 1. The normalized spacial score (nSPS) is 12.3. The van der Waals surface area contributed by atoms with Crippen LogP contribution in [0.25, 0.3) is 11.0 Å². The highest BCUT2D eigenvalue weighted by Crippen LogP contribution is 2.24. The molecular weight excluding hydrogens is 284 g/mol. The number of hydrogen-bond donors (Lipinski definition) is 2. The lowest BCUT2D eigenvalue weighted by Gasteiger charge is -2.08. The molecule has 1 amide bonds. The van der Waals surface area contributed by atoms with Gasteiger partial charge >= 0.3 is 0 Å². The van der Waals surface area contributed by atoms with Crippen molar-refractivity contribution in [3.63, 3.8) is 0 Å². The number of rotatable bonds is 5. The zero-order chi connectivity index (χ0) is 14.7. The van der Waals surface area contributed by atoms with Crippen LogP contribution in [0.2, 0.25) is 0 Å². The molecule has 0 bridgehead atoms. The molecule has 0 aliphatic carbocycles. The van der Waals surface area contributed by atoms with Gasteiger partial charge in [0.2, 0.25) is 5.91 Å². The first-order valence-corrected chi connectivity index (χ1v) is 6.79. The predicted octanol–water partition coefficient (Wildman–Crippen LogP) is 2.62. The van der Waals surface area contributed by atoms with Gasteiger partial charge in [-0.3, -0.25) is 4.79 Å². The Morgan fingerprint density at radius 1 is 1.55 bits per heavy atom. The molecule has 7 heteroatoms. The van der Waals surface area contributed by atoms with E-state index in [9.17, 15) is 13.6 Å². The van der Waals surface area contributed by atoms with E-state index in [1.165, 1.54) is 11.8 Å². The van der Waals surface area contributed by atoms with E-state index in [2.05, 4.69) is 21.9 Å². The number of halogens is 2. The zero-order valence-electron chi connectivity index (χ0n) is 10.7. The van der Waals surface area contributed by atoms with Crippen molar-refractivity contribution >= 4 is 28.7 Å². The number of aromatic amines is 1. The average Bonchev–Trinajstić information content (AvgIpc) is 2.77. The van der Waals surface area contributed by atoms with Crippen molar-refractivity contribution in [2.24, 2.45) is 0 Å². The summed E-state index contributed by atoms with van der Waals surface area (Å²) in [6.45, 7) is 5.62. The smallest absolute Gasteiger partial charge is 0.233 e. The summed E-state index contributed by atoms with van der Waals surface area (Å²) >= 11 is 1.18. The number of carbonyl (C=O) groups is 1. The number of hydrogen-bond acceptors (Lipinski definition) is 3. The lowest BCUT2D eigenvalue weighted by molar-refractivity contribution is -0.120. The molecule has 2 rings (SSSR count). The lowest BCUT2D eigenvalue weighted by Crippen LogP contribution is -2.30. The van der Waals surface area contributed by atoms with E-state index in [-0.39, 0.29) is 11.2 Å². The molecule has 2 N–H and O–H groups in total. The molecule has 1 atom stereocenters. The van der Waals surface area contributed by atoms with Gasteiger partial charge in [-0.15, -0.1) is 6.58 Å². The molecule has 0 unspecified atom stereocenters. The number of aromatic nitrogens is 2. The van der Waals surface area contributed by atoms with Crippen LogP contribution in [0, 0.1) is 11.6 Å². The molecule has 1 heterocycles. The third-order valence-electron chi connectivity index (χ3n) is 2.58. The fraction of sp³-hybridized carbons (Fsp3) is 0.231. The minimum atomic E-state index is -0.947. The predicted molar refractivity (Wildman–Crippen MR) is 74.5 cm³/mol. The van der Waals surface area contributed by atoms with Gasteiger partial charge in [0.1, 0.15) is 0 Å². The second-order valence-electron chi connectivity index (χ2n) is 4.12. The third kappa shape index (κ3) is 3.16. The maximum atomic E-state index is 13.1. The molecule has 0 spiro atoms. The molecule has 0 radical (unpaired) electrons. The fourth-order valence-corrected chi connectivity index (χ4v) is 2.42. The molecule has 0 fully saturated rings. The number of nitrogens with zero attached hydrogens (tertiary/aromatic N) is 1.